The first-order valence-electron chi connectivity index (χ1n) is 6.43. The Bertz CT molecular complexity index is 486. The van der Waals surface area contributed by atoms with Crippen LogP contribution in [-0.2, 0) is 17.8 Å². The number of rotatable bonds is 3. The quantitative estimate of drug-likeness (QED) is 0.818. The zero-order chi connectivity index (χ0) is 13.3. The van der Waals surface area contributed by atoms with Gasteiger partial charge < -0.3 is 9.47 Å². The van der Waals surface area contributed by atoms with Crippen molar-refractivity contribution in [1.29, 1.82) is 0 Å². The van der Waals surface area contributed by atoms with Crippen LogP contribution < -0.4 is 0 Å². The highest BCUT2D eigenvalue weighted by Gasteiger charge is 2.22. The third-order valence-corrected chi connectivity index (χ3v) is 3.58. The van der Waals surface area contributed by atoms with Crippen molar-refractivity contribution in [3.05, 3.63) is 23.0 Å². The fourth-order valence-corrected chi connectivity index (χ4v) is 2.53. The van der Waals surface area contributed by atoms with Crippen LogP contribution in [0.4, 0.5) is 0 Å². The predicted octanol–water partition coefficient (Wildman–Crippen LogP) is 1.79. The number of aryl methyl sites for hydroxylation is 1. The minimum absolute atomic E-state index is 0.124. The van der Waals surface area contributed by atoms with E-state index < -0.39 is 0 Å². The standard InChI is InChI=1S/C14H20N2O2/c1-10-9-11-12(5-4-6-13(11)17)16(10)8-7-14(18)15(2)3/h9H,4-8H2,1-3H3. The largest absolute Gasteiger partial charge is 0.349 e. The molecule has 0 spiro atoms. The van der Waals surface area contributed by atoms with Crippen molar-refractivity contribution in [3.63, 3.8) is 0 Å². The molecular formula is C14H20N2O2. The Morgan fingerprint density at radius 2 is 2.11 bits per heavy atom. The molecule has 1 aliphatic rings. The van der Waals surface area contributed by atoms with Crippen LogP contribution >= 0.6 is 0 Å². The molecule has 0 atom stereocenters. The van der Waals surface area contributed by atoms with Gasteiger partial charge in [-0.25, -0.2) is 0 Å². The Morgan fingerprint density at radius 3 is 2.78 bits per heavy atom. The summed E-state index contributed by atoms with van der Waals surface area (Å²) >= 11 is 0. The molecule has 0 aromatic carbocycles. The Balaban J connectivity index is 2.18. The van der Waals surface area contributed by atoms with Crippen molar-refractivity contribution in [3.8, 4) is 0 Å². The molecule has 2 rings (SSSR count). The zero-order valence-corrected chi connectivity index (χ0v) is 11.3. The van der Waals surface area contributed by atoms with Crippen molar-refractivity contribution < 1.29 is 9.59 Å². The number of hydrogen-bond acceptors (Lipinski definition) is 2. The highest BCUT2D eigenvalue weighted by Crippen LogP contribution is 2.25. The van der Waals surface area contributed by atoms with Crippen molar-refractivity contribution in [1.82, 2.24) is 9.47 Å². The molecule has 1 aromatic rings. The number of carbonyl (C=O) groups is 2. The Hall–Kier alpha value is -1.58. The number of amides is 1. The molecular weight excluding hydrogens is 228 g/mol. The Labute approximate surface area is 108 Å². The molecule has 1 aliphatic carbocycles. The second-order valence-electron chi connectivity index (χ2n) is 5.11. The number of Topliss-reactive ketones (excluding diaryl/α,β-unsaturated/α-hetero) is 1. The summed E-state index contributed by atoms with van der Waals surface area (Å²) in [5.74, 6) is 0.371. The summed E-state index contributed by atoms with van der Waals surface area (Å²) in [6.45, 7) is 2.68. The lowest BCUT2D eigenvalue weighted by Gasteiger charge is -2.17. The molecule has 18 heavy (non-hydrogen) atoms. The molecule has 98 valence electrons. The van der Waals surface area contributed by atoms with Crippen LogP contribution in [0.2, 0.25) is 0 Å². The average Bonchev–Trinajstić information content (AvgIpc) is 2.64. The molecule has 4 heteroatoms. The van der Waals surface area contributed by atoms with E-state index in [-0.39, 0.29) is 11.7 Å². The molecule has 4 nitrogen and oxygen atoms in total. The van der Waals surface area contributed by atoms with Gasteiger partial charge in [0.1, 0.15) is 0 Å². The topological polar surface area (TPSA) is 42.3 Å². The van der Waals surface area contributed by atoms with Gasteiger partial charge in [-0.1, -0.05) is 0 Å². The van der Waals surface area contributed by atoms with E-state index in [9.17, 15) is 9.59 Å². The van der Waals surface area contributed by atoms with Crippen molar-refractivity contribution in [2.45, 2.75) is 39.2 Å². The van der Waals surface area contributed by atoms with Crippen LogP contribution in [0.5, 0.6) is 0 Å². The summed E-state index contributed by atoms with van der Waals surface area (Å²) in [7, 11) is 3.54. The lowest BCUT2D eigenvalue weighted by atomic mass is 9.96. The molecule has 0 N–H and O–H groups in total. The molecule has 1 aromatic heterocycles. The van der Waals surface area contributed by atoms with Crippen LogP contribution in [0.1, 0.15) is 41.0 Å². The van der Waals surface area contributed by atoms with Gasteiger partial charge in [0.2, 0.25) is 5.91 Å². The number of nitrogens with zero attached hydrogens (tertiary/aromatic N) is 2. The van der Waals surface area contributed by atoms with E-state index >= 15 is 0 Å². The maximum absolute atomic E-state index is 11.8. The van der Waals surface area contributed by atoms with E-state index in [4.69, 9.17) is 0 Å². The van der Waals surface area contributed by atoms with Gasteiger partial charge >= 0.3 is 0 Å². The predicted molar refractivity (Wildman–Crippen MR) is 69.7 cm³/mol. The molecule has 0 saturated carbocycles. The van der Waals surface area contributed by atoms with Crippen LogP contribution in [0.3, 0.4) is 0 Å². The van der Waals surface area contributed by atoms with Crippen LogP contribution in [0.15, 0.2) is 6.07 Å². The highest BCUT2D eigenvalue weighted by atomic mass is 16.2. The van der Waals surface area contributed by atoms with Gasteiger partial charge in [0.15, 0.2) is 5.78 Å². The van der Waals surface area contributed by atoms with E-state index in [1.54, 1.807) is 19.0 Å². The smallest absolute Gasteiger partial charge is 0.223 e. The normalized spacial score (nSPS) is 14.5. The average molecular weight is 248 g/mol. The van der Waals surface area contributed by atoms with Gasteiger partial charge in [-0.15, -0.1) is 0 Å². The van der Waals surface area contributed by atoms with E-state index in [1.165, 1.54) is 0 Å². The third-order valence-electron chi connectivity index (χ3n) is 3.58. The molecule has 1 amide bonds. The first-order chi connectivity index (χ1) is 8.50. The summed E-state index contributed by atoms with van der Waals surface area (Å²) in [6, 6.07) is 1.97. The van der Waals surface area contributed by atoms with E-state index in [2.05, 4.69) is 4.57 Å². The van der Waals surface area contributed by atoms with Gasteiger partial charge in [0.25, 0.3) is 0 Å². The van der Waals surface area contributed by atoms with Gasteiger partial charge in [-0.05, 0) is 25.8 Å². The van der Waals surface area contributed by atoms with Crippen LogP contribution in [-0.4, -0.2) is 35.3 Å². The summed E-state index contributed by atoms with van der Waals surface area (Å²) < 4.78 is 2.13. The molecule has 0 fully saturated rings. The van der Waals surface area contributed by atoms with Gasteiger partial charge in [0.05, 0.1) is 0 Å². The number of aromatic nitrogens is 1. The maximum atomic E-state index is 11.8. The Morgan fingerprint density at radius 1 is 1.39 bits per heavy atom. The number of fused-ring (bicyclic) bond motifs is 1. The summed E-state index contributed by atoms with van der Waals surface area (Å²) in [4.78, 5) is 25.0. The van der Waals surface area contributed by atoms with Gasteiger partial charge in [0, 0.05) is 50.4 Å². The monoisotopic (exact) mass is 248 g/mol. The molecule has 1 heterocycles. The van der Waals surface area contributed by atoms with Crippen LogP contribution in [0, 0.1) is 6.92 Å². The fourth-order valence-electron chi connectivity index (χ4n) is 2.53. The molecule has 0 saturated heterocycles. The van der Waals surface area contributed by atoms with Gasteiger partial charge in [-0.3, -0.25) is 9.59 Å². The van der Waals surface area contributed by atoms with E-state index in [1.807, 2.05) is 13.0 Å². The lowest BCUT2D eigenvalue weighted by molar-refractivity contribution is -0.128. The zero-order valence-electron chi connectivity index (χ0n) is 11.3. The number of ketones is 1. The summed E-state index contributed by atoms with van der Waals surface area (Å²) in [6.07, 6.45) is 3.03. The molecule has 0 radical (unpaired) electrons. The second-order valence-corrected chi connectivity index (χ2v) is 5.11. The van der Waals surface area contributed by atoms with Crippen LogP contribution in [0.25, 0.3) is 0 Å². The SMILES string of the molecule is Cc1cc2c(n1CCC(=O)N(C)C)CCCC2=O. The summed E-state index contributed by atoms with van der Waals surface area (Å²) in [5, 5.41) is 0. The maximum Gasteiger partial charge on any atom is 0.223 e. The molecule has 0 unspecified atom stereocenters. The Kier molecular flexibility index (Phi) is 3.55. The third kappa shape index (κ3) is 2.33. The fraction of sp³-hybridized carbons (Fsp3) is 0.571. The number of hydrogen-bond donors (Lipinski definition) is 0. The molecule has 0 bridgehead atoms. The molecule has 0 aliphatic heterocycles. The van der Waals surface area contributed by atoms with Crippen molar-refractivity contribution in [2.24, 2.45) is 0 Å². The highest BCUT2D eigenvalue weighted by molar-refractivity contribution is 5.98. The van der Waals surface area contributed by atoms with Crippen molar-refractivity contribution >= 4 is 11.7 Å². The van der Waals surface area contributed by atoms with Crippen molar-refractivity contribution in [2.75, 3.05) is 14.1 Å². The minimum Gasteiger partial charge on any atom is -0.349 e. The first-order valence-corrected chi connectivity index (χ1v) is 6.43. The van der Waals surface area contributed by atoms with Gasteiger partial charge in [-0.2, -0.15) is 0 Å². The second kappa shape index (κ2) is 4.96. The minimum atomic E-state index is 0.124. The lowest BCUT2D eigenvalue weighted by Crippen LogP contribution is -2.23. The summed E-state index contributed by atoms with van der Waals surface area (Å²) in [5.41, 5.74) is 3.08. The van der Waals surface area contributed by atoms with E-state index in [0.29, 0.717) is 19.4 Å². The number of carbonyl (C=O) groups excluding carboxylic acids is 2. The van der Waals surface area contributed by atoms with E-state index in [0.717, 1.165) is 29.8 Å². The first kappa shape index (κ1) is 12.9.